The molecule has 0 saturated carbocycles. The van der Waals surface area contributed by atoms with Crippen molar-refractivity contribution in [3.05, 3.63) is 0 Å². The van der Waals surface area contributed by atoms with Gasteiger partial charge in [-0.3, -0.25) is 24.6 Å². The average molecular weight is 242 g/mol. The molecule has 6 heteroatoms. The fourth-order valence-electron chi connectivity index (χ4n) is 1.88. The van der Waals surface area contributed by atoms with Gasteiger partial charge in [0.05, 0.1) is 6.04 Å². The summed E-state index contributed by atoms with van der Waals surface area (Å²) in [5.41, 5.74) is 0. The molecule has 17 heavy (non-hydrogen) atoms. The number of likely N-dealkylation sites (N-methyl/N-ethyl adjacent to an activating group) is 1. The molecule has 2 amide bonds. The van der Waals surface area contributed by atoms with Gasteiger partial charge >= 0.3 is 5.97 Å². The van der Waals surface area contributed by atoms with E-state index in [4.69, 9.17) is 5.11 Å². The van der Waals surface area contributed by atoms with Crippen LogP contribution in [0.4, 0.5) is 0 Å². The van der Waals surface area contributed by atoms with Crippen LogP contribution in [0.1, 0.15) is 32.6 Å². The summed E-state index contributed by atoms with van der Waals surface area (Å²) in [5, 5.41) is 11.8. The van der Waals surface area contributed by atoms with Crippen LogP contribution in [-0.4, -0.2) is 46.9 Å². The van der Waals surface area contributed by atoms with Gasteiger partial charge in [-0.2, -0.15) is 0 Å². The van der Waals surface area contributed by atoms with Crippen molar-refractivity contribution in [2.75, 3.05) is 7.05 Å². The Balaban J connectivity index is 2.64. The van der Waals surface area contributed by atoms with Gasteiger partial charge in [0.25, 0.3) is 0 Å². The highest BCUT2D eigenvalue weighted by atomic mass is 16.4. The normalized spacial score (nSPS) is 22.7. The zero-order valence-corrected chi connectivity index (χ0v) is 10.1. The van der Waals surface area contributed by atoms with Crippen LogP contribution in [0.5, 0.6) is 0 Å². The molecule has 1 aliphatic heterocycles. The van der Waals surface area contributed by atoms with Gasteiger partial charge in [0.15, 0.2) is 0 Å². The molecule has 96 valence electrons. The number of hydrogen-bond acceptors (Lipinski definition) is 4. The van der Waals surface area contributed by atoms with E-state index in [1.807, 2.05) is 6.92 Å². The standard InChI is InChI=1S/C11H18N2O4/c1-3-4-8(11(16)17)12-7-5-6-9(14)13(2)10(7)15/h7-8,12H,3-6H2,1-2H3,(H,16,17). The predicted octanol–water partition coefficient (Wildman–Crippen LogP) is -0.0233. The van der Waals surface area contributed by atoms with Gasteiger partial charge in [0, 0.05) is 13.5 Å². The second-order valence-corrected chi connectivity index (χ2v) is 4.23. The molecule has 2 N–H and O–H groups in total. The highest BCUT2D eigenvalue weighted by Crippen LogP contribution is 2.13. The number of aliphatic carboxylic acids is 1. The number of likely N-dealkylation sites (tertiary alicyclic amines) is 1. The van der Waals surface area contributed by atoms with E-state index in [2.05, 4.69) is 5.32 Å². The third kappa shape index (κ3) is 3.26. The summed E-state index contributed by atoms with van der Waals surface area (Å²) >= 11 is 0. The lowest BCUT2D eigenvalue weighted by Crippen LogP contribution is -2.55. The molecular weight excluding hydrogens is 224 g/mol. The summed E-state index contributed by atoms with van der Waals surface area (Å²) < 4.78 is 0. The summed E-state index contributed by atoms with van der Waals surface area (Å²) in [5.74, 6) is -1.52. The minimum absolute atomic E-state index is 0.213. The van der Waals surface area contributed by atoms with Crippen molar-refractivity contribution in [2.24, 2.45) is 0 Å². The van der Waals surface area contributed by atoms with Crippen molar-refractivity contribution in [1.82, 2.24) is 10.2 Å². The minimum Gasteiger partial charge on any atom is -0.480 e. The van der Waals surface area contributed by atoms with E-state index in [0.29, 0.717) is 12.8 Å². The van der Waals surface area contributed by atoms with E-state index in [-0.39, 0.29) is 18.2 Å². The van der Waals surface area contributed by atoms with Crippen LogP contribution in [0.2, 0.25) is 0 Å². The first kappa shape index (κ1) is 13.6. The maximum atomic E-state index is 11.7. The van der Waals surface area contributed by atoms with Crippen molar-refractivity contribution in [3.8, 4) is 0 Å². The summed E-state index contributed by atoms with van der Waals surface area (Å²) in [6.07, 6.45) is 1.84. The van der Waals surface area contributed by atoms with Crippen LogP contribution < -0.4 is 5.32 Å². The molecule has 0 spiro atoms. The van der Waals surface area contributed by atoms with Gasteiger partial charge in [-0.05, 0) is 12.8 Å². The Morgan fingerprint density at radius 1 is 1.59 bits per heavy atom. The Morgan fingerprint density at radius 3 is 2.76 bits per heavy atom. The molecular formula is C11H18N2O4. The summed E-state index contributed by atoms with van der Waals surface area (Å²) in [6, 6.07) is -1.29. The predicted molar refractivity (Wildman–Crippen MR) is 60.3 cm³/mol. The first-order chi connectivity index (χ1) is 7.97. The number of nitrogens with zero attached hydrogens (tertiary/aromatic N) is 1. The Labute approximate surface area is 100.0 Å². The molecule has 1 fully saturated rings. The summed E-state index contributed by atoms with van der Waals surface area (Å²) in [4.78, 5) is 35.0. The molecule has 2 unspecified atom stereocenters. The molecule has 1 aliphatic rings. The number of amides is 2. The van der Waals surface area contributed by atoms with E-state index in [9.17, 15) is 14.4 Å². The molecule has 0 aromatic heterocycles. The Hall–Kier alpha value is -1.43. The first-order valence-corrected chi connectivity index (χ1v) is 5.76. The number of carbonyl (C=O) groups is 3. The molecule has 0 aromatic carbocycles. The third-order valence-electron chi connectivity index (χ3n) is 2.93. The van der Waals surface area contributed by atoms with Gasteiger partial charge in [-0.1, -0.05) is 13.3 Å². The summed E-state index contributed by atoms with van der Waals surface area (Å²) in [7, 11) is 1.42. The van der Waals surface area contributed by atoms with Gasteiger partial charge in [0.1, 0.15) is 6.04 Å². The highest BCUT2D eigenvalue weighted by molar-refractivity contribution is 6.00. The second-order valence-electron chi connectivity index (χ2n) is 4.23. The van der Waals surface area contributed by atoms with Crippen LogP contribution in [0.25, 0.3) is 0 Å². The van der Waals surface area contributed by atoms with Crippen LogP contribution >= 0.6 is 0 Å². The maximum absolute atomic E-state index is 11.7. The fraction of sp³-hybridized carbons (Fsp3) is 0.727. The van der Waals surface area contributed by atoms with Crippen molar-refractivity contribution < 1.29 is 19.5 Å². The SMILES string of the molecule is CCCC(NC1CCC(=O)N(C)C1=O)C(=O)O. The molecule has 1 rings (SSSR count). The quantitative estimate of drug-likeness (QED) is 0.661. The van der Waals surface area contributed by atoms with Crippen molar-refractivity contribution >= 4 is 17.8 Å². The zero-order valence-electron chi connectivity index (χ0n) is 10.1. The topological polar surface area (TPSA) is 86.7 Å². The first-order valence-electron chi connectivity index (χ1n) is 5.76. The van der Waals surface area contributed by atoms with E-state index < -0.39 is 18.1 Å². The number of carboxylic acids is 1. The average Bonchev–Trinajstić information content (AvgIpc) is 2.28. The van der Waals surface area contributed by atoms with Crippen molar-refractivity contribution in [1.29, 1.82) is 0 Å². The highest BCUT2D eigenvalue weighted by Gasteiger charge is 2.34. The van der Waals surface area contributed by atoms with Gasteiger partial charge in [-0.15, -0.1) is 0 Å². The molecule has 6 nitrogen and oxygen atoms in total. The van der Waals surface area contributed by atoms with Gasteiger partial charge < -0.3 is 5.11 Å². The smallest absolute Gasteiger partial charge is 0.320 e. The van der Waals surface area contributed by atoms with Crippen LogP contribution in [0.3, 0.4) is 0 Å². The van der Waals surface area contributed by atoms with Crippen molar-refractivity contribution in [2.45, 2.75) is 44.7 Å². The van der Waals surface area contributed by atoms with E-state index in [1.165, 1.54) is 7.05 Å². The van der Waals surface area contributed by atoms with Crippen molar-refractivity contribution in [3.63, 3.8) is 0 Å². The Bertz CT molecular complexity index is 329. The number of nitrogens with one attached hydrogen (secondary N) is 1. The third-order valence-corrected chi connectivity index (χ3v) is 2.93. The number of imide groups is 1. The molecule has 0 radical (unpaired) electrons. The molecule has 0 bridgehead atoms. The second kappa shape index (κ2) is 5.77. The Morgan fingerprint density at radius 2 is 2.24 bits per heavy atom. The monoisotopic (exact) mass is 242 g/mol. The largest absolute Gasteiger partial charge is 0.480 e. The Kier molecular flexibility index (Phi) is 4.62. The van der Waals surface area contributed by atoms with Gasteiger partial charge in [-0.25, -0.2) is 0 Å². The molecule has 0 aliphatic carbocycles. The van der Waals surface area contributed by atoms with E-state index >= 15 is 0 Å². The lowest BCUT2D eigenvalue weighted by molar-refractivity contribution is -0.148. The number of carboxylic acid groups (broad SMARTS) is 1. The number of hydrogen-bond donors (Lipinski definition) is 2. The van der Waals surface area contributed by atoms with Crippen LogP contribution in [0.15, 0.2) is 0 Å². The van der Waals surface area contributed by atoms with Crippen LogP contribution in [0, 0.1) is 0 Å². The van der Waals surface area contributed by atoms with Gasteiger partial charge in [0.2, 0.25) is 11.8 Å². The maximum Gasteiger partial charge on any atom is 0.320 e. The molecule has 2 atom stereocenters. The van der Waals surface area contributed by atoms with Crippen LogP contribution in [-0.2, 0) is 14.4 Å². The number of carbonyl (C=O) groups excluding carboxylic acids is 2. The number of piperidine rings is 1. The van der Waals surface area contributed by atoms with E-state index in [1.54, 1.807) is 0 Å². The molecule has 1 heterocycles. The fourth-order valence-corrected chi connectivity index (χ4v) is 1.88. The van der Waals surface area contributed by atoms with E-state index in [0.717, 1.165) is 11.3 Å². The lowest BCUT2D eigenvalue weighted by Gasteiger charge is -2.30. The number of rotatable bonds is 5. The minimum atomic E-state index is -0.959. The lowest BCUT2D eigenvalue weighted by atomic mass is 10.0. The molecule has 1 saturated heterocycles. The molecule has 0 aromatic rings. The zero-order chi connectivity index (χ0) is 13.0. The summed E-state index contributed by atoms with van der Waals surface area (Å²) in [6.45, 7) is 1.88.